The van der Waals surface area contributed by atoms with Crippen LogP contribution in [0.1, 0.15) is 5.56 Å². The molecule has 0 aliphatic heterocycles. The lowest BCUT2D eigenvalue weighted by atomic mass is 10.1. The third kappa shape index (κ3) is 4.70. The molecule has 0 amide bonds. The number of ether oxygens (including phenoxy) is 3. The molecule has 0 aliphatic carbocycles. The van der Waals surface area contributed by atoms with Crippen molar-refractivity contribution in [3.05, 3.63) is 54.1 Å². The Morgan fingerprint density at radius 3 is 2.59 bits per heavy atom. The van der Waals surface area contributed by atoms with Gasteiger partial charge in [0.1, 0.15) is 19.0 Å². The molecule has 0 spiro atoms. The normalized spacial score (nSPS) is 10.0. The van der Waals surface area contributed by atoms with Gasteiger partial charge in [-0.15, -0.1) is 0 Å². The molecule has 0 aromatic heterocycles. The number of carbonyl (C=O) groups excluding carboxylic acids is 1. The number of hydrogen-bond acceptors (Lipinski definition) is 5. The first kappa shape index (κ1) is 15.7. The summed E-state index contributed by atoms with van der Waals surface area (Å²) in [6.07, 6.45) is 0.113. The van der Waals surface area contributed by atoms with E-state index in [1.807, 2.05) is 30.3 Å². The smallest absolute Gasteiger partial charge is 0.310 e. The SMILES string of the molecule is COc1cc(CC(=O)OCCOc2ccccc2)ccc1O. The van der Waals surface area contributed by atoms with E-state index < -0.39 is 0 Å². The van der Waals surface area contributed by atoms with Gasteiger partial charge in [0.05, 0.1) is 13.5 Å². The summed E-state index contributed by atoms with van der Waals surface area (Å²) in [5, 5.41) is 9.49. The maximum atomic E-state index is 11.7. The molecule has 5 heteroatoms. The average Bonchev–Trinajstić information content (AvgIpc) is 2.54. The second-order valence-corrected chi connectivity index (χ2v) is 4.56. The van der Waals surface area contributed by atoms with E-state index in [2.05, 4.69) is 0 Å². The van der Waals surface area contributed by atoms with Crippen LogP contribution < -0.4 is 9.47 Å². The summed E-state index contributed by atoms with van der Waals surface area (Å²) in [5.41, 5.74) is 0.712. The van der Waals surface area contributed by atoms with Crippen LogP contribution >= 0.6 is 0 Å². The molecule has 0 radical (unpaired) electrons. The highest BCUT2D eigenvalue weighted by Gasteiger charge is 2.08. The molecular weight excluding hydrogens is 284 g/mol. The van der Waals surface area contributed by atoms with Crippen molar-refractivity contribution in [1.29, 1.82) is 0 Å². The Morgan fingerprint density at radius 1 is 1.09 bits per heavy atom. The Balaban J connectivity index is 1.74. The van der Waals surface area contributed by atoms with E-state index in [0.717, 1.165) is 5.75 Å². The Hall–Kier alpha value is -2.69. The molecule has 22 heavy (non-hydrogen) atoms. The Kier molecular flexibility index (Phi) is 5.65. The van der Waals surface area contributed by atoms with Gasteiger partial charge in [0, 0.05) is 0 Å². The number of phenolic OH excluding ortho intramolecular Hbond substituents is 1. The predicted octanol–water partition coefficient (Wildman–Crippen LogP) is 2.57. The number of esters is 1. The highest BCUT2D eigenvalue weighted by molar-refractivity contribution is 5.72. The molecule has 0 aliphatic rings. The monoisotopic (exact) mass is 302 g/mol. The van der Waals surface area contributed by atoms with Gasteiger partial charge >= 0.3 is 5.97 Å². The van der Waals surface area contributed by atoms with Gasteiger partial charge in [-0.25, -0.2) is 0 Å². The van der Waals surface area contributed by atoms with E-state index in [-0.39, 0.29) is 24.7 Å². The zero-order chi connectivity index (χ0) is 15.8. The van der Waals surface area contributed by atoms with Gasteiger partial charge in [0.15, 0.2) is 11.5 Å². The van der Waals surface area contributed by atoms with Gasteiger partial charge in [0.25, 0.3) is 0 Å². The first-order valence-electron chi connectivity index (χ1n) is 6.88. The van der Waals surface area contributed by atoms with Crippen LogP contribution in [0.5, 0.6) is 17.2 Å². The van der Waals surface area contributed by atoms with E-state index >= 15 is 0 Å². The van der Waals surface area contributed by atoms with Gasteiger partial charge in [0.2, 0.25) is 0 Å². The lowest BCUT2D eigenvalue weighted by Gasteiger charge is -2.08. The summed E-state index contributed by atoms with van der Waals surface area (Å²) in [6.45, 7) is 0.484. The predicted molar refractivity (Wildman–Crippen MR) is 81.3 cm³/mol. The standard InChI is InChI=1S/C17H18O5/c1-20-16-11-13(7-8-15(16)18)12-17(19)22-10-9-21-14-5-3-2-4-6-14/h2-8,11,18H,9-10,12H2,1H3. The van der Waals surface area contributed by atoms with Crippen molar-refractivity contribution in [3.8, 4) is 17.2 Å². The van der Waals surface area contributed by atoms with E-state index in [1.165, 1.54) is 13.2 Å². The van der Waals surface area contributed by atoms with E-state index in [0.29, 0.717) is 17.9 Å². The van der Waals surface area contributed by atoms with Crippen LogP contribution in [-0.4, -0.2) is 31.4 Å². The number of para-hydroxylation sites is 1. The van der Waals surface area contributed by atoms with Crippen LogP contribution in [0.25, 0.3) is 0 Å². The highest BCUT2D eigenvalue weighted by Crippen LogP contribution is 2.26. The molecule has 116 valence electrons. The van der Waals surface area contributed by atoms with Gasteiger partial charge in [-0.3, -0.25) is 4.79 Å². The minimum Gasteiger partial charge on any atom is -0.504 e. The first-order valence-corrected chi connectivity index (χ1v) is 6.88. The maximum Gasteiger partial charge on any atom is 0.310 e. The average molecular weight is 302 g/mol. The molecule has 2 aromatic rings. The number of methoxy groups -OCH3 is 1. The van der Waals surface area contributed by atoms with Crippen molar-refractivity contribution < 1.29 is 24.1 Å². The zero-order valence-corrected chi connectivity index (χ0v) is 12.3. The molecule has 2 rings (SSSR count). The fraction of sp³-hybridized carbons (Fsp3) is 0.235. The molecule has 0 saturated heterocycles. The molecule has 1 N–H and O–H groups in total. The van der Waals surface area contributed by atoms with Crippen LogP contribution in [0.15, 0.2) is 48.5 Å². The van der Waals surface area contributed by atoms with E-state index in [1.54, 1.807) is 12.1 Å². The molecule has 5 nitrogen and oxygen atoms in total. The number of hydrogen-bond donors (Lipinski definition) is 1. The summed E-state index contributed by atoms with van der Waals surface area (Å²) < 4.78 is 15.5. The number of carbonyl (C=O) groups is 1. The molecule has 0 bridgehead atoms. The number of phenols is 1. The summed E-state index contributed by atoms with van der Waals surface area (Å²) in [7, 11) is 1.46. The second kappa shape index (κ2) is 7.93. The highest BCUT2D eigenvalue weighted by atomic mass is 16.6. The van der Waals surface area contributed by atoms with Gasteiger partial charge in [-0.1, -0.05) is 24.3 Å². The molecule has 0 saturated carbocycles. The number of aromatic hydroxyl groups is 1. The lowest BCUT2D eigenvalue weighted by Crippen LogP contribution is -2.14. The van der Waals surface area contributed by atoms with E-state index in [4.69, 9.17) is 14.2 Å². The summed E-state index contributed by atoms with van der Waals surface area (Å²) >= 11 is 0. The van der Waals surface area contributed by atoms with Crippen molar-refractivity contribution in [1.82, 2.24) is 0 Å². The minimum atomic E-state index is -0.357. The Morgan fingerprint density at radius 2 is 1.86 bits per heavy atom. The fourth-order valence-corrected chi connectivity index (χ4v) is 1.88. The Labute approximate surface area is 129 Å². The minimum absolute atomic E-state index is 0.0379. The largest absolute Gasteiger partial charge is 0.504 e. The fourth-order valence-electron chi connectivity index (χ4n) is 1.88. The molecular formula is C17H18O5. The molecule has 0 unspecified atom stereocenters. The van der Waals surface area contributed by atoms with Crippen molar-refractivity contribution >= 4 is 5.97 Å². The quantitative estimate of drug-likeness (QED) is 0.629. The third-order valence-electron chi connectivity index (χ3n) is 2.95. The second-order valence-electron chi connectivity index (χ2n) is 4.56. The van der Waals surface area contributed by atoms with Gasteiger partial charge < -0.3 is 19.3 Å². The van der Waals surface area contributed by atoms with Crippen molar-refractivity contribution in [2.75, 3.05) is 20.3 Å². The van der Waals surface area contributed by atoms with Crippen molar-refractivity contribution in [2.24, 2.45) is 0 Å². The summed E-state index contributed by atoms with van der Waals surface area (Å²) in [5.74, 6) is 0.750. The Bertz CT molecular complexity index is 610. The van der Waals surface area contributed by atoms with Crippen LogP contribution in [0.3, 0.4) is 0 Å². The van der Waals surface area contributed by atoms with Crippen molar-refractivity contribution in [2.45, 2.75) is 6.42 Å². The summed E-state index contributed by atoms with van der Waals surface area (Å²) in [6, 6.07) is 14.1. The molecule has 0 fully saturated rings. The molecule has 0 heterocycles. The van der Waals surface area contributed by atoms with E-state index in [9.17, 15) is 9.90 Å². The maximum absolute atomic E-state index is 11.7. The van der Waals surface area contributed by atoms with Gasteiger partial charge in [-0.2, -0.15) is 0 Å². The number of benzene rings is 2. The van der Waals surface area contributed by atoms with Crippen LogP contribution in [0.2, 0.25) is 0 Å². The van der Waals surface area contributed by atoms with Crippen molar-refractivity contribution in [3.63, 3.8) is 0 Å². The van der Waals surface area contributed by atoms with Gasteiger partial charge in [-0.05, 0) is 29.8 Å². The van der Waals surface area contributed by atoms with Crippen LogP contribution in [-0.2, 0) is 16.0 Å². The lowest BCUT2D eigenvalue weighted by molar-refractivity contribution is -0.143. The van der Waals surface area contributed by atoms with Crippen LogP contribution in [0.4, 0.5) is 0 Å². The third-order valence-corrected chi connectivity index (χ3v) is 2.95. The molecule has 2 aromatic carbocycles. The first-order chi connectivity index (χ1) is 10.7. The summed E-state index contributed by atoms with van der Waals surface area (Å²) in [4.78, 5) is 11.7. The zero-order valence-electron chi connectivity index (χ0n) is 12.3. The van der Waals surface area contributed by atoms with Crippen LogP contribution in [0, 0.1) is 0 Å². The number of rotatable bonds is 7. The molecule has 0 atom stereocenters. The topological polar surface area (TPSA) is 65.0 Å².